The second kappa shape index (κ2) is 8.49. The summed E-state index contributed by atoms with van der Waals surface area (Å²) >= 11 is 0. The zero-order valence-corrected chi connectivity index (χ0v) is 14.7. The average Bonchev–Trinajstić information content (AvgIpc) is 2.67. The number of anilines is 1. The maximum Gasteiger partial charge on any atom is 0.262 e. The van der Waals surface area contributed by atoms with Crippen molar-refractivity contribution in [2.75, 3.05) is 31.6 Å². The van der Waals surface area contributed by atoms with Crippen molar-refractivity contribution in [3.05, 3.63) is 60.2 Å². The largest absolute Gasteiger partial charge is 0.484 e. The predicted molar refractivity (Wildman–Crippen MR) is 98.3 cm³/mol. The molecule has 2 amide bonds. The van der Waals surface area contributed by atoms with Gasteiger partial charge < -0.3 is 19.7 Å². The molecule has 2 aromatic carbocycles. The van der Waals surface area contributed by atoms with Gasteiger partial charge in [-0.05, 0) is 37.3 Å². The fourth-order valence-corrected chi connectivity index (χ4v) is 2.78. The number of ether oxygens (including phenoxy) is 2. The third-order valence-electron chi connectivity index (χ3n) is 4.03. The van der Waals surface area contributed by atoms with Gasteiger partial charge in [0.2, 0.25) is 0 Å². The van der Waals surface area contributed by atoms with Crippen molar-refractivity contribution in [3.8, 4) is 5.75 Å². The van der Waals surface area contributed by atoms with Gasteiger partial charge in [0.15, 0.2) is 6.61 Å². The van der Waals surface area contributed by atoms with Gasteiger partial charge in [-0.2, -0.15) is 0 Å². The summed E-state index contributed by atoms with van der Waals surface area (Å²) in [4.78, 5) is 26.5. The van der Waals surface area contributed by atoms with Gasteiger partial charge in [-0.1, -0.05) is 24.3 Å². The molecule has 6 nitrogen and oxygen atoms in total. The summed E-state index contributed by atoms with van der Waals surface area (Å²) < 4.78 is 10.9. The van der Waals surface area contributed by atoms with Gasteiger partial charge >= 0.3 is 0 Å². The van der Waals surface area contributed by atoms with Gasteiger partial charge in [-0.25, -0.2) is 0 Å². The summed E-state index contributed by atoms with van der Waals surface area (Å²) in [6.45, 7) is 3.54. The lowest BCUT2D eigenvalue weighted by Gasteiger charge is -2.31. The number of carbonyl (C=O) groups excluding carboxylic acids is 2. The number of amides is 2. The molecule has 1 aliphatic heterocycles. The van der Waals surface area contributed by atoms with Crippen molar-refractivity contribution in [3.63, 3.8) is 0 Å². The fraction of sp³-hybridized carbons (Fsp3) is 0.300. The van der Waals surface area contributed by atoms with Crippen molar-refractivity contribution in [2.45, 2.75) is 13.0 Å². The van der Waals surface area contributed by atoms with Gasteiger partial charge in [0.05, 0.1) is 12.7 Å². The highest BCUT2D eigenvalue weighted by Crippen LogP contribution is 2.15. The van der Waals surface area contributed by atoms with Crippen LogP contribution in [0.1, 0.15) is 17.3 Å². The Bertz CT molecular complexity index is 763. The number of hydrogen-bond donors (Lipinski definition) is 1. The molecule has 1 fully saturated rings. The average molecular weight is 354 g/mol. The maximum atomic E-state index is 12.6. The molecule has 1 saturated heterocycles. The SMILES string of the molecule is CC1CN(C(=O)c2cccc(NC(=O)COc3ccccc3)c2)CCO1. The van der Waals surface area contributed by atoms with Crippen LogP contribution >= 0.6 is 0 Å². The van der Waals surface area contributed by atoms with Crippen LogP contribution in [-0.4, -0.2) is 49.1 Å². The summed E-state index contributed by atoms with van der Waals surface area (Å²) in [5.41, 5.74) is 1.11. The van der Waals surface area contributed by atoms with Crippen LogP contribution in [-0.2, 0) is 9.53 Å². The number of para-hydroxylation sites is 1. The molecule has 0 aromatic heterocycles. The minimum absolute atomic E-state index is 0.0331. The zero-order valence-electron chi connectivity index (χ0n) is 14.7. The van der Waals surface area contributed by atoms with Crippen LogP contribution in [0.4, 0.5) is 5.69 Å². The summed E-state index contributed by atoms with van der Waals surface area (Å²) in [7, 11) is 0. The van der Waals surface area contributed by atoms with Crippen LogP contribution in [0.2, 0.25) is 0 Å². The van der Waals surface area contributed by atoms with Crippen molar-refractivity contribution in [1.82, 2.24) is 4.90 Å². The van der Waals surface area contributed by atoms with Crippen molar-refractivity contribution >= 4 is 17.5 Å². The summed E-state index contributed by atoms with van der Waals surface area (Å²) in [6, 6.07) is 16.1. The molecular weight excluding hydrogens is 332 g/mol. The highest BCUT2D eigenvalue weighted by Gasteiger charge is 2.22. The Kier molecular flexibility index (Phi) is 5.86. The molecule has 6 heteroatoms. The standard InChI is InChI=1S/C20H22N2O4/c1-15-13-22(10-11-25-15)20(24)16-6-5-7-17(12-16)21-19(23)14-26-18-8-3-2-4-9-18/h2-9,12,15H,10-11,13-14H2,1H3,(H,21,23). The molecule has 26 heavy (non-hydrogen) atoms. The molecule has 0 saturated carbocycles. The number of benzene rings is 2. The molecular formula is C20H22N2O4. The quantitative estimate of drug-likeness (QED) is 0.896. The molecule has 1 aliphatic rings. The normalized spacial score (nSPS) is 16.8. The lowest BCUT2D eigenvalue weighted by molar-refractivity contribution is -0.118. The summed E-state index contributed by atoms with van der Waals surface area (Å²) in [5.74, 6) is 0.295. The monoisotopic (exact) mass is 354 g/mol. The maximum absolute atomic E-state index is 12.6. The number of rotatable bonds is 5. The molecule has 1 heterocycles. The number of carbonyl (C=O) groups is 2. The Labute approximate surface area is 152 Å². The molecule has 0 radical (unpaired) electrons. The molecule has 1 N–H and O–H groups in total. The van der Waals surface area contributed by atoms with E-state index >= 15 is 0 Å². The van der Waals surface area contributed by atoms with E-state index in [1.54, 1.807) is 41.3 Å². The van der Waals surface area contributed by atoms with Crippen molar-refractivity contribution in [1.29, 1.82) is 0 Å². The number of morpholine rings is 1. The van der Waals surface area contributed by atoms with Crippen LogP contribution in [0.5, 0.6) is 5.75 Å². The first kappa shape index (κ1) is 17.9. The van der Waals surface area contributed by atoms with Gasteiger partial charge in [-0.3, -0.25) is 9.59 Å². The predicted octanol–water partition coefficient (Wildman–Crippen LogP) is 2.57. The smallest absolute Gasteiger partial charge is 0.262 e. The Morgan fingerprint density at radius 3 is 2.77 bits per heavy atom. The molecule has 136 valence electrons. The molecule has 3 rings (SSSR count). The van der Waals surface area contributed by atoms with Crippen LogP contribution in [0.15, 0.2) is 54.6 Å². The lowest BCUT2D eigenvalue weighted by Crippen LogP contribution is -2.44. The zero-order chi connectivity index (χ0) is 18.4. The number of nitrogens with zero attached hydrogens (tertiary/aromatic N) is 1. The Morgan fingerprint density at radius 1 is 1.19 bits per heavy atom. The minimum atomic E-state index is -0.279. The van der Waals surface area contributed by atoms with Crippen molar-refractivity contribution < 1.29 is 19.1 Å². The van der Waals surface area contributed by atoms with E-state index in [0.29, 0.717) is 36.7 Å². The van der Waals surface area contributed by atoms with E-state index < -0.39 is 0 Å². The molecule has 0 spiro atoms. The topological polar surface area (TPSA) is 67.9 Å². The third-order valence-corrected chi connectivity index (χ3v) is 4.03. The highest BCUT2D eigenvalue weighted by molar-refractivity contribution is 5.97. The molecule has 0 bridgehead atoms. The van der Waals surface area contributed by atoms with Crippen LogP contribution < -0.4 is 10.1 Å². The number of nitrogens with one attached hydrogen (secondary N) is 1. The van der Waals surface area contributed by atoms with Crippen LogP contribution in [0, 0.1) is 0 Å². The fourth-order valence-electron chi connectivity index (χ4n) is 2.78. The lowest BCUT2D eigenvalue weighted by atomic mass is 10.1. The van der Waals surface area contributed by atoms with E-state index in [4.69, 9.17) is 9.47 Å². The molecule has 2 aromatic rings. The molecule has 1 unspecified atom stereocenters. The number of hydrogen-bond acceptors (Lipinski definition) is 4. The van der Waals surface area contributed by atoms with E-state index in [2.05, 4.69) is 5.32 Å². The van der Waals surface area contributed by atoms with E-state index in [1.165, 1.54) is 0 Å². The summed E-state index contributed by atoms with van der Waals surface area (Å²) in [5, 5.41) is 2.76. The minimum Gasteiger partial charge on any atom is -0.484 e. The highest BCUT2D eigenvalue weighted by atomic mass is 16.5. The van der Waals surface area contributed by atoms with Gasteiger partial charge in [0.25, 0.3) is 11.8 Å². The van der Waals surface area contributed by atoms with Crippen LogP contribution in [0.25, 0.3) is 0 Å². The first-order valence-corrected chi connectivity index (χ1v) is 8.60. The van der Waals surface area contributed by atoms with Gasteiger partial charge in [-0.15, -0.1) is 0 Å². The first-order valence-electron chi connectivity index (χ1n) is 8.60. The Hall–Kier alpha value is -2.86. The second-order valence-corrected chi connectivity index (χ2v) is 6.16. The molecule has 1 atom stereocenters. The summed E-state index contributed by atoms with van der Waals surface area (Å²) in [6.07, 6.45) is 0.0331. The second-order valence-electron chi connectivity index (χ2n) is 6.16. The van der Waals surface area contributed by atoms with Crippen LogP contribution in [0.3, 0.4) is 0 Å². The van der Waals surface area contributed by atoms with Gasteiger partial charge in [0, 0.05) is 24.3 Å². The van der Waals surface area contributed by atoms with E-state index in [9.17, 15) is 9.59 Å². The Morgan fingerprint density at radius 2 is 2.00 bits per heavy atom. The van der Waals surface area contributed by atoms with E-state index in [0.717, 1.165) is 0 Å². The van der Waals surface area contributed by atoms with E-state index in [1.807, 2.05) is 25.1 Å². The molecule has 0 aliphatic carbocycles. The first-order chi connectivity index (χ1) is 12.6. The third kappa shape index (κ3) is 4.83. The Balaban J connectivity index is 1.58. The van der Waals surface area contributed by atoms with Gasteiger partial charge in [0.1, 0.15) is 5.75 Å². The van der Waals surface area contributed by atoms with Crippen molar-refractivity contribution in [2.24, 2.45) is 0 Å². The van der Waals surface area contributed by atoms with E-state index in [-0.39, 0.29) is 24.5 Å².